The quantitative estimate of drug-likeness (QED) is 0.601. The maximum Gasteiger partial charge on any atom is 0.251 e. The first-order valence-electron chi connectivity index (χ1n) is 7.64. The summed E-state index contributed by atoms with van der Waals surface area (Å²) in [7, 11) is 0. The number of hydrogen-bond acceptors (Lipinski definition) is 4. The molecule has 1 aliphatic rings. The molecule has 1 fully saturated rings. The molecule has 2 atom stereocenters. The summed E-state index contributed by atoms with van der Waals surface area (Å²) in [5.74, 6) is 0.0287. The molecule has 4 N–H and O–H groups in total. The van der Waals surface area contributed by atoms with Crippen LogP contribution >= 0.6 is 0 Å². The second-order valence-electron chi connectivity index (χ2n) is 5.67. The standard InChI is InChI=1S/C16H23N3O3/c1-11-10-13(6-7-17-11)16(22)19-9-8-18-15(21)12-2-4-14(20)5-3-12/h2-5,11,13,17,20H,6-10H2,1H3,(H,18,21)(H,19,22)/t11-,13-/m0/s1. The molecule has 0 bridgehead atoms. The van der Waals surface area contributed by atoms with Crippen LogP contribution in [0.4, 0.5) is 0 Å². The number of benzene rings is 1. The summed E-state index contributed by atoms with van der Waals surface area (Å²) in [4.78, 5) is 23.8. The second kappa shape index (κ2) is 7.79. The summed E-state index contributed by atoms with van der Waals surface area (Å²) in [6, 6.07) is 6.42. The van der Waals surface area contributed by atoms with Gasteiger partial charge in [0, 0.05) is 30.6 Å². The number of rotatable bonds is 5. The number of carbonyl (C=O) groups is 2. The Kier molecular flexibility index (Phi) is 5.77. The molecule has 0 saturated carbocycles. The second-order valence-corrected chi connectivity index (χ2v) is 5.67. The Labute approximate surface area is 130 Å². The normalized spacial score (nSPS) is 21.1. The summed E-state index contributed by atoms with van der Waals surface area (Å²) >= 11 is 0. The molecule has 2 rings (SSSR count). The zero-order valence-corrected chi connectivity index (χ0v) is 12.8. The summed E-state index contributed by atoms with van der Waals surface area (Å²) in [6.07, 6.45) is 1.71. The van der Waals surface area contributed by atoms with Crippen LogP contribution in [0.2, 0.25) is 0 Å². The van der Waals surface area contributed by atoms with Gasteiger partial charge in [-0.15, -0.1) is 0 Å². The molecule has 0 radical (unpaired) electrons. The highest BCUT2D eigenvalue weighted by molar-refractivity contribution is 5.94. The molecule has 22 heavy (non-hydrogen) atoms. The third-order valence-corrected chi connectivity index (χ3v) is 3.83. The van der Waals surface area contributed by atoms with Crippen LogP contribution in [0.1, 0.15) is 30.1 Å². The molecule has 0 spiro atoms. The predicted octanol–water partition coefficient (Wildman–Crippen LogP) is 0.626. The molecule has 6 nitrogen and oxygen atoms in total. The molecular weight excluding hydrogens is 282 g/mol. The number of hydrogen-bond donors (Lipinski definition) is 4. The van der Waals surface area contributed by atoms with Crippen LogP contribution < -0.4 is 16.0 Å². The molecule has 0 unspecified atom stereocenters. The monoisotopic (exact) mass is 305 g/mol. The highest BCUT2D eigenvalue weighted by atomic mass is 16.3. The smallest absolute Gasteiger partial charge is 0.251 e. The summed E-state index contributed by atoms with van der Waals surface area (Å²) < 4.78 is 0. The van der Waals surface area contributed by atoms with Crippen molar-refractivity contribution in [2.45, 2.75) is 25.8 Å². The Morgan fingerprint density at radius 2 is 1.91 bits per heavy atom. The first kappa shape index (κ1) is 16.3. The van der Waals surface area contributed by atoms with E-state index < -0.39 is 0 Å². The average molecular weight is 305 g/mol. The van der Waals surface area contributed by atoms with Crippen LogP contribution in [-0.4, -0.2) is 42.6 Å². The number of piperidine rings is 1. The molecule has 0 aliphatic carbocycles. The topological polar surface area (TPSA) is 90.5 Å². The molecule has 1 aliphatic heterocycles. The number of amides is 2. The summed E-state index contributed by atoms with van der Waals surface area (Å²) in [5, 5.41) is 18.1. The van der Waals surface area contributed by atoms with Gasteiger partial charge in [-0.1, -0.05) is 0 Å². The minimum absolute atomic E-state index is 0.0593. The van der Waals surface area contributed by atoms with Crippen LogP contribution in [0.5, 0.6) is 5.75 Å². The van der Waals surface area contributed by atoms with Gasteiger partial charge in [-0.2, -0.15) is 0 Å². The molecule has 1 heterocycles. The number of phenolic OH excluding ortho intramolecular Hbond substituents is 1. The zero-order valence-electron chi connectivity index (χ0n) is 12.8. The van der Waals surface area contributed by atoms with Crippen LogP contribution in [0.3, 0.4) is 0 Å². The van der Waals surface area contributed by atoms with E-state index in [-0.39, 0.29) is 23.5 Å². The van der Waals surface area contributed by atoms with Crippen LogP contribution in [0.25, 0.3) is 0 Å². The third kappa shape index (κ3) is 4.73. The fraction of sp³-hybridized carbons (Fsp3) is 0.500. The van der Waals surface area contributed by atoms with Gasteiger partial charge in [-0.3, -0.25) is 9.59 Å². The van der Waals surface area contributed by atoms with Gasteiger partial charge in [0.05, 0.1) is 0 Å². The number of phenols is 1. The maximum atomic E-state index is 12.0. The minimum atomic E-state index is -0.218. The molecule has 6 heteroatoms. The van der Waals surface area contributed by atoms with Gasteiger partial charge >= 0.3 is 0 Å². The van der Waals surface area contributed by atoms with Gasteiger partial charge < -0.3 is 21.1 Å². The first-order chi connectivity index (χ1) is 10.6. The molecule has 1 aromatic carbocycles. The van der Waals surface area contributed by atoms with Gasteiger partial charge in [0.15, 0.2) is 0 Å². The van der Waals surface area contributed by atoms with E-state index in [0.717, 1.165) is 19.4 Å². The Bertz CT molecular complexity index is 516. The van der Waals surface area contributed by atoms with E-state index in [2.05, 4.69) is 22.9 Å². The fourth-order valence-electron chi connectivity index (χ4n) is 2.59. The number of aromatic hydroxyl groups is 1. The fourth-order valence-corrected chi connectivity index (χ4v) is 2.59. The van der Waals surface area contributed by atoms with Gasteiger partial charge in [0.25, 0.3) is 5.91 Å². The Morgan fingerprint density at radius 3 is 2.59 bits per heavy atom. The van der Waals surface area contributed by atoms with E-state index in [1.165, 1.54) is 12.1 Å². The highest BCUT2D eigenvalue weighted by Crippen LogP contribution is 2.15. The van der Waals surface area contributed by atoms with Gasteiger partial charge in [-0.05, 0) is 50.6 Å². The summed E-state index contributed by atoms with van der Waals surface area (Å²) in [6.45, 7) is 3.75. The van der Waals surface area contributed by atoms with Crippen molar-refractivity contribution in [3.63, 3.8) is 0 Å². The van der Waals surface area contributed by atoms with Gasteiger partial charge in [-0.25, -0.2) is 0 Å². The number of carbonyl (C=O) groups excluding carboxylic acids is 2. The van der Waals surface area contributed by atoms with Gasteiger partial charge in [0.1, 0.15) is 5.75 Å². The van der Waals surface area contributed by atoms with E-state index >= 15 is 0 Å². The van der Waals surface area contributed by atoms with Crippen molar-refractivity contribution in [2.75, 3.05) is 19.6 Å². The largest absolute Gasteiger partial charge is 0.508 e. The number of nitrogens with one attached hydrogen (secondary N) is 3. The Morgan fingerprint density at radius 1 is 1.23 bits per heavy atom. The van der Waals surface area contributed by atoms with Crippen molar-refractivity contribution in [3.05, 3.63) is 29.8 Å². The van der Waals surface area contributed by atoms with Crippen molar-refractivity contribution < 1.29 is 14.7 Å². The van der Waals surface area contributed by atoms with Crippen LogP contribution in [0, 0.1) is 5.92 Å². The maximum absolute atomic E-state index is 12.0. The molecule has 2 amide bonds. The predicted molar refractivity (Wildman–Crippen MR) is 83.6 cm³/mol. The molecule has 1 aromatic rings. The van der Waals surface area contributed by atoms with E-state index in [4.69, 9.17) is 0 Å². The van der Waals surface area contributed by atoms with Crippen molar-refractivity contribution in [2.24, 2.45) is 5.92 Å². The first-order valence-corrected chi connectivity index (χ1v) is 7.64. The lowest BCUT2D eigenvalue weighted by atomic mass is 9.92. The Hall–Kier alpha value is -2.08. The van der Waals surface area contributed by atoms with Crippen molar-refractivity contribution in [1.29, 1.82) is 0 Å². The summed E-state index contributed by atoms with van der Waals surface area (Å²) in [5.41, 5.74) is 0.483. The minimum Gasteiger partial charge on any atom is -0.508 e. The molecule has 120 valence electrons. The van der Waals surface area contributed by atoms with Crippen molar-refractivity contribution >= 4 is 11.8 Å². The average Bonchev–Trinajstić information content (AvgIpc) is 2.51. The lowest BCUT2D eigenvalue weighted by molar-refractivity contribution is -0.126. The van der Waals surface area contributed by atoms with Crippen LogP contribution in [0.15, 0.2) is 24.3 Å². The Balaban J connectivity index is 1.67. The lowest BCUT2D eigenvalue weighted by Gasteiger charge is -2.27. The van der Waals surface area contributed by atoms with E-state index in [1.807, 2.05) is 0 Å². The molecular formula is C16H23N3O3. The third-order valence-electron chi connectivity index (χ3n) is 3.83. The van der Waals surface area contributed by atoms with Crippen molar-refractivity contribution in [1.82, 2.24) is 16.0 Å². The van der Waals surface area contributed by atoms with E-state index in [9.17, 15) is 14.7 Å². The molecule has 0 aromatic heterocycles. The van der Waals surface area contributed by atoms with Crippen molar-refractivity contribution in [3.8, 4) is 5.75 Å². The zero-order chi connectivity index (χ0) is 15.9. The van der Waals surface area contributed by atoms with Gasteiger partial charge in [0.2, 0.25) is 5.91 Å². The SMILES string of the molecule is C[C@H]1C[C@@H](C(=O)NCCNC(=O)c2ccc(O)cc2)CCN1. The van der Waals surface area contributed by atoms with E-state index in [1.54, 1.807) is 12.1 Å². The molecule has 1 saturated heterocycles. The van der Waals surface area contributed by atoms with E-state index in [0.29, 0.717) is 24.7 Å². The lowest BCUT2D eigenvalue weighted by Crippen LogP contribution is -2.44. The van der Waals surface area contributed by atoms with Crippen LogP contribution in [-0.2, 0) is 4.79 Å². The highest BCUT2D eigenvalue weighted by Gasteiger charge is 2.24.